The lowest BCUT2D eigenvalue weighted by Gasteiger charge is -2.25. The fourth-order valence-electron chi connectivity index (χ4n) is 2.26. The zero-order chi connectivity index (χ0) is 15.4. The summed E-state index contributed by atoms with van der Waals surface area (Å²) in [5, 5.41) is 6.01. The van der Waals surface area contributed by atoms with Crippen molar-refractivity contribution in [2.45, 2.75) is 26.3 Å². The van der Waals surface area contributed by atoms with Crippen LogP contribution in [-0.4, -0.2) is 31.0 Å². The van der Waals surface area contributed by atoms with E-state index in [1.54, 1.807) is 13.0 Å². The molecule has 0 aliphatic carbocycles. The van der Waals surface area contributed by atoms with Crippen LogP contribution in [0.2, 0.25) is 5.02 Å². The molecule has 0 unspecified atom stereocenters. The van der Waals surface area contributed by atoms with Gasteiger partial charge in [0, 0.05) is 11.6 Å². The maximum Gasteiger partial charge on any atom is 0.242 e. The summed E-state index contributed by atoms with van der Waals surface area (Å²) in [7, 11) is 0. The highest BCUT2D eigenvalue weighted by atomic mass is 35.5. The van der Waals surface area contributed by atoms with Gasteiger partial charge < -0.3 is 15.4 Å². The first-order valence-electron chi connectivity index (χ1n) is 7.00. The molecular formula is C15H19ClN2O3. The minimum absolute atomic E-state index is 0.181. The van der Waals surface area contributed by atoms with Crippen LogP contribution in [-0.2, 0) is 16.0 Å². The second kappa shape index (κ2) is 6.80. The van der Waals surface area contributed by atoms with Crippen molar-refractivity contribution >= 4 is 23.4 Å². The molecule has 2 atom stereocenters. The lowest BCUT2D eigenvalue weighted by atomic mass is 9.96. The van der Waals surface area contributed by atoms with Gasteiger partial charge >= 0.3 is 0 Å². The molecule has 6 heteroatoms. The van der Waals surface area contributed by atoms with E-state index in [1.165, 1.54) is 0 Å². The number of carbonyl (C=O) groups is 2. The Hall–Kier alpha value is -1.75. The summed E-state index contributed by atoms with van der Waals surface area (Å²) in [6, 6.07) is 4.82. The summed E-state index contributed by atoms with van der Waals surface area (Å²) in [5.74, 6) is 0.0819. The molecule has 0 bridgehead atoms. The van der Waals surface area contributed by atoms with Crippen LogP contribution in [0.3, 0.4) is 0 Å². The van der Waals surface area contributed by atoms with E-state index in [1.807, 2.05) is 19.1 Å². The quantitative estimate of drug-likeness (QED) is 0.886. The molecule has 0 radical (unpaired) electrons. The molecule has 1 aliphatic rings. The normalized spacial score (nSPS) is 18.1. The summed E-state index contributed by atoms with van der Waals surface area (Å²) < 4.78 is 5.58. The molecule has 0 aromatic heterocycles. The van der Waals surface area contributed by atoms with Gasteiger partial charge in [0.2, 0.25) is 11.8 Å². The predicted molar refractivity (Wildman–Crippen MR) is 80.4 cm³/mol. The Morgan fingerprint density at radius 3 is 2.95 bits per heavy atom. The molecule has 0 fully saturated rings. The van der Waals surface area contributed by atoms with Crippen LogP contribution in [0.5, 0.6) is 5.75 Å². The van der Waals surface area contributed by atoms with Gasteiger partial charge in [0.05, 0.1) is 5.92 Å². The third-order valence-electron chi connectivity index (χ3n) is 3.40. The van der Waals surface area contributed by atoms with Gasteiger partial charge in [-0.2, -0.15) is 0 Å². The van der Waals surface area contributed by atoms with Crippen LogP contribution in [0.4, 0.5) is 0 Å². The Kier molecular flexibility index (Phi) is 5.07. The van der Waals surface area contributed by atoms with E-state index in [0.717, 1.165) is 11.3 Å². The number of amides is 2. The average molecular weight is 311 g/mol. The summed E-state index contributed by atoms with van der Waals surface area (Å²) in [5.41, 5.74) is 0.916. The molecule has 0 saturated heterocycles. The molecule has 5 nitrogen and oxygen atoms in total. The van der Waals surface area contributed by atoms with Crippen molar-refractivity contribution in [3.63, 3.8) is 0 Å². The van der Waals surface area contributed by atoms with Crippen LogP contribution in [0, 0.1) is 5.92 Å². The number of hydrogen-bond acceptors (Lipinski definition) is 3. The molecule has 2 N–H and O–H groups in total. The van der Waals surface area contributed by atoms with Gasteiger partial charge in [-0.1, -0.05) is 11.6 Å². The van der Waals surface area contributed by atoms with Crippen LogP contribution in [0.1, 0.15) is 19.4 Å². The second-order valence-corrected chi connectivity index (χ2v) is 5.53. The third-order valence-corrected chi connectivity index (χ3v) is 3.64. The fourth-order valence-corrected chi connectivity index (χ4v) is 2.45. The van der Waals surface area contributed by atoms with E-state index in [9.17, 15) is 9.59 Å². The molecule has 1 heterocycles. The lowest BCUT2D eigenvalue weighted by Crippen LogP contribution is -2.48. The number of fused-ring (bicyclic) bond motifs is 1. The second-order valence-electron chi connectivity index (χ2n) is 5.09. The van der Waals surface area contributed by atoms with Crippen molar-refractivity contribution in [1.29, 1.82) is 0 Å². The van der Waals surface area contributed by atoms with Gasteiger partial charge in [0.1, 0.15) is 18.4 Å². The summed E-state index contributed by atoms with van der Waals surface area (Å²) in [4.78, 5) is 23.8. The molecular weight excluding hydrogens is 292 g/mol. The largest absolute Gasteiger partial charge is 0.492 e. The van der Waals surface area contributed by atoms with E-state index < -0.39 is 6.04 Å². The van der Waals surface area contributed by atoms with Gasteiger partial charge in [-0.05, 0) is 44.0 Å². The van der Waals surface area contributed by atoms with Crippen LogP contribution in [0.25, 0.3) is 0 Å². The third kappa shape index (κ3) is 3.88. The van der Waals surface area contributed by atoms with Crippen molar-refractivity contribution in [3.05, 3.63) is 28.8 Å². The van der Waals surface area contributed by atoms with Gasteiger partial charge in [0.25, 0.3) is 0 Å². The van der Waals surface area contributed by atoms with Crippen LogP contribution < -0.4 is 15.4 Å². The molecule has 1 aromatic rings. The van der Waals surface area contributed by atoms with E-state index in [-0.39, 0.29) is 17.7 Å². The Morgan fingerprint density at radius 1 is 1.48 bits per heavy atom. The van der Waals surface area contributed by atoms with Crippen molar-refractivity contribution in [1.82, 2.24) is 10.6 Å². The highest BCUT2D eigenvalue weighted by Gasteiger charge is 2.28. The molecule has 114 valence electrons. The number of rotatable bonds is 4. The molecule has 2 rings (SSSR count). The fraction of sp³-hybridized carbons (Fsp3) is 0.467. The molecule has 21 heavy (non-hydrogen) atoms. The van der Waals surface area contributed by atoms with Crippen LogP contribution >= 0.6 is 11.6 Å². The molecule has 1 aliphatic heterocycles. The smallest absolute Gasteiger partial charge is 0.242 e. The number of nitrogens with one attached hydrogen (secondary N) is 2. The SMILES string of the molecule is CCNC(=O)[C@@H](C)NC(=O)[C@H]1COc2ccc(Cl)cc2C1. The Labute approximate surface area is 129 Å². The zero-order valence-corrected chi connectivity index (χ0v) is 12.9. The topological polar surface area (TPSA) is 67.4 Å². The van der Waals surface area contributed by atoms with Crippen molar-refractivity contribution in [2.24, 2.45) is 5.92 Å². The van der Waals surface area contributed by atoms with Gasteiger partial charge in [-0.3, -0.25) is 9.59 Å². The average Bonchev–Trinajstić information content (AvgIpc) is 2.46. The zero-order valence-electron chi connectivity index (χ0n) is 12.1. The number of likely N-dealkylation sites (N-methyl/N-ethyl adjacent to an activating group) is 1. The first kappa shape index (κ1) is 15.6. The Morgan fingerprint density at radius 2 is 2.24 bits per heavy atom. The molecule has 0 spiro atoms. The number of benzene rings is 1. The maximum absolute atomic E-state index is 12.2. The minimum Gasteiger partial charge on any atom is -0.492 e. The minimum atomic E-state index is -0.557. The number of halogens is 1. The number of ether oxygens (including phenoxy) is 1. The summed E-state index contributed by atoms with van der Waals surface area (Å²) in [6.07, 6.45) is 0.559. The van der Waals surface area contributed by atoms with Crippen molar-refractivity contribution < 1.29 is 14.3 Å². The molecule has 1 aromatic carbocycles. The standard InChI is InChI=1S/C15H19ClN2O3/c1-3-17-14(19)9(2)18-15(20)11-6-10-7-12(16)4-5-13(10)21-8-11/h4-5,7,9,11H,3,6,8H2,1-2H3,(H,17,19)(H,18,20)/t9-,11-/m1/s1. The van der Waals surface area contributed by atoms with E-state index >= 15 is 0 Å². The highest BCUT2D eigenvalue weighted by Crippen LogP contribution is 2.29. The Bertz CT molecular complexity index is 548. The predicted octanol–water partition coefficient (Wildman–Crippen LogP) is 1.53. The summed E-state index contributed by atoms with van der Waals surface area (Å²) in [6.45, 7) is 4.35. The monoisotopic (exact) mass is 310 g/mol. The van der Waals surface area contributed by atoms with Gasteiger partial charge in [-0.15, -0.1) is 0 Å². The van der Waals surface area contributed by atoms with Crippen molar-refractivity contribution in [2.75, 3.05) is 13.2 Å². The maximum atomic E-state index is 12.2. The summed E-state index contributed by atoms with van der Waals surface area (Å²) >= 11 is 5.96. The van der Waals surface area contributed by atoms with Crippen molar-refractivity contribution in [3.8, 4) is 5.75 Å². The first-order valence-corrected chi connectivity index (χ1v) is 7.38. The van der Waals surface area contributed by atoms with Gasteiger partial charge in [-0.25, -0.2) is 0 Å². The number of hydrogen-bond donors (Lipinski definition) is 2. The van der Waals surface area contributed by atoms with E-state index in [0.29, 0.717) is 24.6 Å². The van der Waals surface area contributed by atoms with E-state index in [2.05, 4.69) is 10.6 Å². The van der Waals surface area contributed by atoms with E-state index in [4.69, 9.17) is 16.3 Å². The highest BCUT2D eigenvalue weighted by molar-refractivity contribution is 6.30. The van der Waals surface area contributed by atoms with Gasteiger partial charge in [0.15, 0.2) is 0 Å². The first-order chi connectivity index (χ1) is 10.0. The van der Waals surface area contributed by atoms with Crippen LogP contribution in [0.15, 0.2) is 18.2 Å². The Balaban J connectivity index is 1.97. The molecule has 0 saturated carbocycles. The molecule has 2 amide bonds. The number of carbonyl (C=O) groups excluding carboxylic acids is 2. The lowest BCUT2D eigenvalue weighted by molar-refractivity contribution is -0.131.